The molecule has 2 amide bonds. The zero-order chi connectivity index (χ0) is 19.8. The molecule has 2 unspecified atom stereocenters. The number of hydrogen-bond acceptors (Lipinski definition) is 4. The molecule has 1 aromatic carbocycles. The van der Waals surface area contributed by atoms with Crippen molar-refractivity contribution in [1.82, 2.24) is 5.32 Å². The number of rotatable bonds is 10. The lowest BCUT2D eigenvalue weighted by atomic mass is 9.83. The van der Waals surface area contributed by atoms with Gasteiger partial charge in [0, 0.05) is 24.7 Å². The maximum absolute atomic E-state index is 12.2. The van der Waals surface area contributed by atoms with E-state index in [-0.39, 0.29) is 11.8 Å². The molecule has 0 spiro atoms. The lowest BCUT2D eigenvalue weighted by Gasteiger charge is -2.26. The molecule has 3 N–H and O–H groups in total. The maximum atomic E-state index is 12.2. The Hall–Kier alpha value is -2.17. The van der Waals surface area contributed by atoms with Crippen LogP contribution in [0.15, 0.2) is 18.2 Å². The number of carbonyl (C=O) groups is 2. The highest BCUT2D eigenvalue weighted by Gasteiger charge is 2.32. The first kappa shape index (κ1) is 21.1. The van der Waals surface area contributed by atoms with Gasteiger partial charge in [0.05, 0.1) is 11.6 Å². The van der Waals surface area contributed by atoms with E-state index >= 15 is 0 Å². The molecule has 1 aliphatic heterocycles. The highest BCUT2D eigenvalue weighted by molar-refractivity contribution is 6.17. The average Bonchev–Trinajstić information content (AvgIpc) is 2.66. The van der Waals surface area contributed by atoms with E-state index in [1.807, 2.05) is 19.2 Å². The molecule has 1 fully saturated rings. The van der Waals surface area contributed by atoms with Crippen LogP contribution in [-0.4, -0.2) is 24.6 Å². The van der Waals surface area contributed by atoms with Gasteiger partial charge in [0.1, 0.15) is 0 Å². The van der Waals surface area contributed by atoms with Crippen molar-refractivity contribution in [3.63, 3.8) is 0 Å². The summed E-state index contributed by atoms with van der Waals surface area (Å²) in [4.78, 5) is 23.6. The summed E-state index contributed by atoms with van der Waals surface area (Å²) in [6.07, 6.45) is 7.74. The second-order valence-electron chi connectivity index (χ2n) is 7.42. The van der Waals surface area contributed by atoms with Crippen molar-refractivity contribution in [1.29, 1.82) is 5.41 Å². The van der Waals surface area contributed by atoms with Gasteiger partial charge in [-0.05, 0) is 30.7 Å². The highest BCUT2D eigenvalue weighted by atomic mass is 16.2. The standard InChI is InChI=1S/C22H33N3O2/c1-4-6-7-10-15(9-5-2)16-11-8-12-17(21(16)24-3)20(23)18-13-14-19(26)25-22(18)27/h8,11-12,15,18,23-24H,4-7,9-10,13-14H2,1-3H3,(H,25,26,27). The van der Waals surface area contributed by atoms with Crippen LogP contribution >= 0.6 is 0 Å². The van der Waals surface area contributed by atoms with Crippen LogP contribution in [0.1, 0.15) is 82.3 Å². The number of para-hydroxylation sites is 1. The van der Waals surface area contributed by atoms with Crippen LogP contribution in [0.5, 0.6) is 0 Å². The summed E-state index contributed by atoms with van der Waals surface area (Å²) in [5, 5.41) is 14.3. The number of piperidine rings is 1. The number of unbranched alkanes of at least 4 members (excludes halogenated alkanes) is 2. The van der Waals surface area contributed by atoms with Crippen LogP contribution in [0.25, 0.3) is 0 Å². The molecule has 5 nitrogen and oxygen atoms in total. The van der Waals surface area contributed by atoms with Crippen molar-refractivity contribution in [2.75, 3.05) is 12.4 Å². The SMILES string of the molecule is CCCCCC(CCC)c1cccc(C(=N)C2CCC(=O)NC2=O)c1NC. The maximum Gasteiger partial charge on any atom is 0.235 e. The molecular formula is C22H33N3O2. The van der Waals surface area contributed by atoms with E-state index in [9.17, 15) is 9.59 Å². The van der Waals surface area contributed by atoms with Gasteiger partial charge in [-0.2, -0.15) is 0 Å². The Morgan fingerprint density at radius 3 is 2.63 bits per heavy atom. The number of carbonyl (C=O) groups excluding carboxylic acids is 2. The molecular weight excluding hydrogens is 338 g/mol. The second-order valence-corrected chi connectivity index (χ2v) is 7.42. The molecule has 27 heavy (non-hydrogen) atoms. The Morgan fingerprint density at radius 1 is 1.22 bits per heavy atom. The van der Waals surface area contributed by atoms with Gasteiger partial charge in [-0.3, -0.25) is 14.9 Å². The van der Waals surface area contributed by atoms with Crippen LogP contribution in [0.4, 0.5) is 5.69 Å². The van der Waals surface area contributed by atoms with Crippen molar-refractivity contribution in [3.8, 4) is 0 Å². The van der Waals surface area contributed by atoms with E-state index in [1.165, 1.54) is 24.8 Å². The van der Waals surface area contributed by atoms with Crippen molar-refractivity contribution in [2.24, 2.45) is 5.92 Å². The molecule has 2 atom stereocenters. The Balaban J connectivity index is 2.32. The molecule has 1 heterocycles. The van der Waals surface area contributed by atoms with Gasteiger partial charge in [0.2, 0.25) is 11.8 Å². The van der Waals surface area contributed by atoms with E-state index in [0.717, 1.165) is 30.5 Å². The molecule has 1 aromatic rings. The first-order valence-corrected chi connectivity index (χ1v) is 10.3. The van der Waals surface area contributed by atoms with Gasteiger partial charge in [0.25, 0.3) is 0 Å². The summed E-state index contributed by atoms with van der Waals surface area (Å²) in [7, 11) is 1.88. The van der Waals surface area contributed by atoms with Crippen molar-refractivity contribution in [3.05, 3.63) is 29.3 Å². The predicted molar refractivity (Wildman–Crippen MR) is 110 cm³/mol. The van der Waals surface area contributed by atoms with E-state index in [2.05, 4.69) is 30.5 Å². The first-order valence-electron chi connectivity index (χ1n) is 10.3. The fourth-order valence-corrected chi connectivity index (χ4v) is 4.02. The summed E-state index contributed by atoms with van der Waals surface area (Å²) in [6.45, 7) is 4.43. The van der Waals surface area contributed by atoms with Crippen LogP contribution in [0, 0.1) is 11.3 Å². The number of imide groups is 1. The molecule has 0 radical (unpaired) electrons. The van der Waals surface area contributed by atoms with Crippen LogP contribution in [0.2, 0.25) is 0 Å². The largest absolute Gasteiger partial charge is 0.387 e. The highest BCUT2D eigenvalue weighted by Crippen LogP contribution is 2.36. The van der Waals surface area contributed by atoms with Crippen molar-refractivity contribution in [2.45, 2.75) is 71.1 Å². The summed E-state index contributed by atoms with van der Waals surface area (Å²) < 4.78 is 0. The van der Waals surface area contributed by atoms with Crippen LogP contribution < -0.4 is 10.6 Å². The Morgan fingerprint density at radius 2 is 2.00 bits per heavy atom. The fraction of sp³-hybridized carbons (Fsp3) is 0.591. The molecule has 0 aliphatic carbocycles. The zero-order valence-corrected chi connectivity index (χ0v) is 16.9. The van der Waals surface area contributed by atoms with Gasteiger partial charge in [-0.25, -0.2) is 0 Å². The van der Waals surface area contributed by atoms with Crippen molar-refractivity contribution < 1.29 is 9.59 Å². The minimum Gasteiger partial charge on any atom is -0.387 e. The van der Waals surface area contributed by atoms with E-state index < -0.39 is 5.92 Å². The molecule has 2 rings (SSSR count). The third-order valence-corrected chi connectivity index (χ3v) is 5.46. The fourth-order valence-electron chi connectivity index (χ4n) is 4.02. The summed E-state index contributed by atoms with van der Waals surface area (Å²) in [5.41, 5.74) is 3.28. The van der Waals surface area contributed by atoms with Crippen LogP contribution in [0.3, 0.4) is 0 Å². The molecule has 0 aromatic heterocycles. The first-order chi connectivity index (χ1) is 13.0. The van der Waals surface area contributed by atoms with E-state index in [0.29, 0.717) is 24.5 Å². The minimum absolute atomic E-state index is 0.245. The number of anilines is 1. The minimum atomic E-state index is -0.560. The zero-order valence-electron chi connectivity index (χ0n) is 16.9. The number of amides is 2. The lowest BCUT2D eigenvalue weighted by Crippen LogP contribution is -2.44. The van der Waals surface area contributed by atoms with Gasteiger partial charge >= 0.3 is 0 Å². The monoisotopic (exact) mass is 371 g/mol. The van der Waals surface area contributed by atoms with Crippen molar-refractivity contribution >= 4 is 23.2 Å². The van der Waals surface area contributed by atoms with Gasteiger partial charge in [0.15, 0.2) is 0 Å². The molecule has 1 saturated heterocycles. The molecule has 0 saturated carbocycles. The number of hydrogen-bond donors (Lipinski definition) is 3. The van der Waals surface area contributed by atoms with E-state index in [1.54, 1.807) is 0 Å². The topological polar surface area (TPSA) is 82.1 Å². The second kappa shape index (κ2) is 10.2. The van der Waals surface area contributed by atoms with Gasteiger partial charge < -0.3 is 10.7 Å². The quantitative estimate of drug-likeness (QED) is 0.319. The smallest absolute Gasteiger partial charge is 0.235 e. The predicted octanol–water partition coefficient (Wildman–Crippen LogP) is 4.61. The van der Waals surface area contributed by atoms with Gasteiger partial charge in [-0.15, -0.1) is 0 Å². The summed E-state index contributed by atoms with van der Waals surface area (Å²) in [5.74, 6) is -0.699. The van der Waals surface area contributed by atoms with E-state index in [4.69, 9.17) is 5.41 Å². The lowest BCUT2D eigenvalue weighted by molar-refractivity contribution is -0.134. The normalized spacial score (nSPS) is 18.1. The third kappa shape index (κ3) is 5.18. The number of nitrogens with one attached hydrogen (secondary N) is 3. The Labute approximate surface area is 162 Å². The average molecular weight is 372 g/mol. The molecule has 148 valence electrons. The Bertz CT molecular complexity index is 684. The number of benzene rings is 1. The molecule has 0 bridgehead atoms. The molecule has 1 aliphatic rings. The summed E-state index contributed by atoms with van der Waals surface area (Å²) >= 11 is 0. The Kier molecular flexibility index (Phi) is 8.01. The van der Waals surface area contributed by atoms with Crippen LogP contribution in [-0.2, 0) is 9.59 Å². The molecule has 5 heteroatoms. The third-order valence-electron chi connectivity index (χ3n) is 5.46. The summed E-state index contributed by atoms with van der Waals surface area (Å²) in [6, 6.07) is 6.06. The van der Waals surface area contributed by atoms with Gasteiger partial charge in [-0.1, -0.05) is 57.7 Å².